The molecule has 2 aromatic heterocycles. The zero-order valence-electron chi connectivity index (χ0n) is 10.7. The molecule has 4 N–H and O–H groups in total. The van der Waals surface area contributed by atoms with Crippen LogP contribution in [0.15, 0.2) is 41.5 Å². The Bertz CT molecular complexity index is 791. The summed E-state index contributed by atoms with van der Waals surface area (Å²) in [7, 11) is 0. The first-order valence-corrected chi connectivity index (χ1v) is 6.21. The van der Waals surface area contributed by atoms with Crippen LogP contribution in [0.4, 0.5) is 5.82 Å². The molecule has 7 heteroatoms. The Kier molecular flexibility index (Phi) is 3.18. The molecular formula is C13H14N6O. The van der Waals surface area contributed by atoms with Crippen molar-refractivity contribution in [3.8, 4) is 0 Å². The van der Waals surface area contributed by atoms with Crippen LogP contribution in [-0.2, 0) is 13.1 Å². The van der Waals surface area contributed by atoms with Crippen LogP contribution in [0.2, 0.25) is 0 Å². The molecule has 0 aliphatic carbocycles. The van der Waals surface area contributed by atoms with Crippen LogP contribution in [0.25, 0.3) is 5.65 Å². The van der Waals surface area contributed by atoms with Gasteiger partial charge in [-0.1, -0.05) is 24.3 Å². The van der Waals surface area contributed by atoms with Crippen molar-refractivity contribution in [3.05, 3.63) is 58.3 Å². The molecular weight excluding hydrogens is 256 g/mol. The van der Waals surface area contributed by atoms with E-state index in [1.165, 1.54) is 10.7 Å². The Morgan fingerprint density at radius 1 is 1.30 bits per heavy atom. The highest BCUT2D eigenvalue weighted by atomic mass is 16.1. The molecule has 7 nitrogen and oxygen atoms in total. The summed E-state index contributed by atoms with van der Waals surface area (Å²) in [5, 5.41) is 9.46. The SMILES string of the molecule is NCc1ccccc1CNc1cc2n[nH]c(=O)n2cn1. The van der Waals surface area contributed by atoms with Gasteiger partial charge in [0, 0.05) is 19.2 Å². The van der Waals surface area contributed by atoms with E-state index < -0.39 is 0 Å². The summed E-state index contributed by atoms with van der Waals surface area (Å²) in [4.78, 5) is 15.5. The number of hydrogen-bond acceptors (Lipinski definition) is 5. The highest BCUT2D eigenvalue weighted by Gasteiger charge is 2.03. The summed E-state index contributed by atoms with van der Waals surface area (Å²) >= 11 is 0. The number of nitrogens with zero attached hydrogens (tertiary/aromatic N) is 3. The van der Waals surface area contributed by atoms with Crippen LogP contribution in [-0.4, -0.2) is 19.6 Å². The molecule has 0 saturated heterocycles. The molecule has 3 rings (SSSR count). The Labute approximate surface area is 114 Å². The fourth-order valence-corrected chi connectivity index (χ4v) is 2.02. The van der Waals surface area contributed by atoms with Gasteiger partial charge in [0.1, 0.15) is 12.1 Å². The molecule has 0 aliphatic rings. The summed E-state index contributed by atoms with van der Waals surface area (Å²) in [6.45, 7) is 1.12. The third kappa shape index (κ3) is 2.26. The van der Waals surface area contributed by atoms with Crippen molar-refractivity contribution in [1.29, 1.82) is 0 Å². The Balaban J connectivity index is 1.81. The maximum absolute atomic E-state index is 11.3. The molecule has 0 amide bonds. The number of aromatic amines is 1. The molecule has 20 heavy (non-hydrogen) atoms. The lowest BCUT2D eigenvalue weighted by molar-refractivity contribution is 0.979. The van der Waals surface area contributed by atoms with Crippen molar-refractivity contribution in [2.45, 2.75) is 13.1 Å². The first kappa shape index (κ1) is 12.4. The van der Waals surface area contributed by atoms with Gasteiger partial charge in [0.25, 0.3) is 0 Å². The van der Waals surface area contributed by atoms with Crippen LogP contribution >= 0.6 is 0 Å². The van der Waals surface area contributed by atoms with E-state index >= 15 is 0 Å². The Morgan fingerprint density at radius 3 is 2.90 bits per heavy atom. The highest BCUT2D eigenvalue weighted by Crippen LogP contribution is 2.11. The number of fused-ring (bicyclic) bond motifs is 1. The molecule has 0 fully saturated rings. The highest BCUT2D eigenvalue weighted by molar-refractivity contribution is 5.48. The normalized spacial score (nSPS) is 10.8. The lowest BCUT2D eigenvalue weighted by Gasteiger charge is -2.09. The zero-order chi connectivity index (χ0) is 13.9. The number of H-pyrrole nitrogens is 1. The monoisotopic (exact) mass is 270 g/mol. The number of nitrogens with two attached hydrogens (primary N) is 1. The number of nitrogens with one attached hydrogen (secondary N) is 2. The molecule has 0 bridgehead atoms. The fourth-order valence-electron chi connectivity index (χ4n) is 2.02. The fraction of sp³-hybridized carbons (Fsp3) is 0.154. The van der Waals surface area contributed by atoms with Crippen LogP contribution in [0.5, 0.6) is 0 Å². The summed E-state index contributed by atoms with van der Waals surface area (Å²) in [6, 6.07) is 9.67. The molecule has 0 aliphatic heterocycles. The second-order valence-corrected chi connectivity index (χ2v) is 4.36. The van der Waals surface area contributed by atoms with Gasteiger partial charge in [-0.15, -0.1) is 0 Å². The molecule has 0 saturated carbocycles. The molecule has 0 atom stereocenters. The molecule has 2 heterocycles. The quantitative estimate of drug-likeness (QED) is 0.640. The van der Waals surface area contributed by atoms with E-state index in [4.69, 9.17) is 5.73 Å². The first-order chi connectivity index (χ1) is 9.78. The number of hydrogen-bond donors (Lipinski definition) is 3. The van der Waals surface area contributed by atoms with Gasteiger partial charge in [0.15, 0.2) is 5.65 Å². The second kappa shape index (κ2) is 5.14. The van der Waals surface area contributed by atoms with E-state index in [9.17, 15) is 4.79 Å². The Morgan fingerprint density at radius 2 is 2.10 bits per heavy atom. The van der Waals surface area contributed by atoms with Crippen molar-refractivity contribution in [2.75, 3.05) is 5.32 Å². The number of aromatic nitrogens is 4. The number of rotatable bonds is 4. The maximum Gasteiger partial charge on any atom is 0.348 e. The van der Waals surface area contributed by atoms with E-state index in [1.807, 2.05) is 24.3 Å². The van der Waals surface area contributed by atoms with Gasteiger partial charge < -0.3 is 11.1 Å². The molecule has 1 aromatic carbocycles. The third-order valence-electron chi connectivity index (χ3n) is 3.11. The largest absolute Gasteiger partial charge is 0.366 e. The van der Waals surface area contributed by atoms with Gasteiger partial charge in [-0.2, -0.15) is 5.10 Å². The first-order valence-electron chi connectivity index (χ1n) is 6.21. The summed E-state index contributed by atoms with van der Waals surface area (Å²) < 4.78 is 1.35. The zero-order valence-corrected chi connectivity index (χ0v) is 10.7. The smallest absolute Gasteiger partial charge is 0.348 e. The van der Waals surface area contributed by atoms with Crippen LogP contribution in [0.3, 0.4) is 0 Å². The predicted molar refractivity (Wildman–Crippen MR) is 75.3 cm³/mol. The van der Waals surface area contributed by atoms with Crippen molar-refractivity contribution in [3.63, 3.8) is 0 Å². The average Bonchev–Trinajstić information content (AvgIpc) is 2.86. The van der Waals surface area contributed by atoms with Crippen LogP contribution < -0.4 is 16.7 Å². The topological polar surface area (TPSA) is 101 Å². The minimum absolute atomic E-state index is 0.299. The van der Waals surface area contributed by atoms with Gasteiger partial charge in [0.05, 0.1) is 0 Å². The van der Waals surface area contributed by atoms with Crippen molar-refractivity contribution < 1.29 is 0 Å². The van der Waals surface area contributed by atoms with Gasteiger partial charge >= 0.3 is 5.69 Å². The van der Waals surface area contributed by atoms with E-state index in [1.54, 1.807) is 6.07 Å². The summed E-state index contributed by atoms with van der Waals surface area (Å²) in [6.07, 6.45) is 1.44. The number of benzene rings is 1. The number of anilines is 1. The van der Waals surface area contributed by atoms with Gasteiger partial charge in [-0.05, 0) is 11.1 Å². The van der Waals surface area contributed by atoms with E-state index in [0.29, 0.717) is 24.6 Å². The minimum atomic E-state index is -0.299. The Hall–Kier alpha value is -2.67. The van der Waals surface area contributed by atoms with Gasteiger partial charge in [0.2, 0.25) is 0 Å². The van der Waals surface area contributed by atoms with Crippen molar-refractivity contribution in [1.82, 2.24) is 19.6 Å². The van der Waals surface area contributed by atoms with E-state index in [0.717, 1.165) is 11.1 Å². The van der Waals surface area contributed by atoms with Crippen LogP contribution in [0.1, 0.15) is 11.1 Å². The van der Waals surface area contributed by atoms with Gasteiger partial charge in [-0.25, -0.2) is 19.3 Å². The maximum atomic E-state index is 11.3. The lowest BCUT2D eigenvalue weighted by atomic mass is 10.1. The lowest BCUT2D eigenvalue weighted by Crippen LogP contribution is -2.11. The van der Waals surface area contributed by atoms with Gasteiger partial charge in [-0.3, -0.25) is 0 Å². The summed E-state index contributed by atoms with van der Waals surface area (Å²) in [5.41, 5.74) is 8.15. The molecule has 102 valence electrons. The second-order valence-electron chi connectivity index (χ2n) is 4.36. The summed E-state index contributed by atoms with van der Waals surface area (Å²) in [5.74, 6) is 0.656. The van der Waals surface area contributed by atoms with Crippen molar-refractivity contribution >= 4 is 11.5 Å². The van der Waals surface area contributed by atoms with E-state index in [-0.39, 0.29) is 5.69 Å². The third-order valence-corrected chi connectivity index (χ3v) is 3.11. The average molecular weight is 270 g/mol. The molecule has 0 unspecified atom stereocenters. The molecule has 0 spiro atoms. The standard InChI is InChI=1S/C13H14N6O/c14-6-9-3-1-2-4-10(9)7-15-11-5-12-17-18-13(20)19(12)8-16-11/h1-5,8,15H,6-7,14H2,(H,18,20). The van der Waals surface area contributed by atoms with Crippen LogP contribution in [0, 0.1) is 0 Å². The molecule has 3 aromatic rings. The van der Waals surface area contributed by atoms with Crippen molar-refractivity contribution in [2.24, 2.45) is 5.73 Å². The minimum Gasteiger partial charge on any atom is -0.366 e. The predicted octanol–water partition coefficient (Wildman–Crippen LogP) is 0.488. The molecule has 0 radical (unpaired) electrons. The van der Waals surface area contributed by atoms with E-state index in [2.05, 4.69) is 20.5 Å².